The van der Waals surface area contributed by atoms with Crippen LogP contribution >= 0.6 is 0 Å². The van der Waals surface area contributed by atoms with Gasteiger partial charge in [-0.2, -0.15) is 0 Å². The van der Waals surface area contributed by atoms with Crippen molar-refractivity contribution >= 4 is 82.0 Å². The highest BCUT2D eigenvalue weighted by Crippen LogP contribution is 2.23. The van der Waals surface area contributed by atoms with Gasteiger partial charge in [-0.05, 0) is 73.9 Å². The molecule has 4 aromatic rings. The largest absolute Gasteiger partial charge is 0.508 e. The van der Waals surface area contributed by atoms with Crippen LogP contribution in [0.4, 0.5) is 4.79 Å². The fourth-order valence-electron chi connectivity index (χ4n) is 9.96. The van der Waals surface area contributed by atoms with Gasteiger partial charge in [0, 0.05) is 69.8 Å². The monoisotopic (exact) mass is 1240 g/mol. The van der Waals surface area contributed by atoms with Gasteiger partial charge in [-0.1, -0.05) is 74.0 Å². The minimum Gasteiger partial charge on any atom is -0.508 e. The van der Waals surface area contributed by atoms with Crippen molar-refractivity contribution in [2.45, 2.75) is 147 Å². The number of hydrazine groups is 1. The molecule has 30 heteroatoms. The second-order valence-corrected chi connectivity index (χ2v) is 22.3. The standard InChI is InChI=1S/C59H82N16O14/c1-30(2)21-43(52(83)67-41(15-10-20-64-58(62)63-6)51(82)68-42(50(61)81)25-36-28-65-40-14-8-7-13-39(36)40)71-59(89)74-73-54(85)44(24-35-12-9-11-31(3)22-35)70-56(87)49(32(4)76)72-53(84)45(27-48(60)80)69-55(86)47-26-38(79)29-75(47)57(88)46(66-33(5)77)23-34-16-18-37(78)19-17-34/h7-9,11-14,16-19,22,28,30,32,38,41-47,49,65,76,78-79H,10,15,20-21,23-27,29H2,1-6H3,(H2,60,80)(H2,61,81)(H,66,77)(H,67,83)(H,68,82)(H,69,86)(H,70,87)(H,72,84)(H,73,85)(H3,62,63,64)(H2,71,74,89)/t32-,38-,41+,42+,43+,44+,45+,46-,47+,49+/m1/s1. The Hall–Kier alpha value is -9.84. The van der Waals surface area contributed by atoms with Crippen LogP contribution in [0.1, 0.15) is 82.1 Å². The van der Waals surface area contributed by atoms with E-state index in [9.17, 15) is 68.1 Å². The molecule has 1 aliphatic heterocycles. The maximum atomic E-state index is 14.2. The van der Waals surface area contributed by atoms with Gasteiger partial charge in [0.15, 0.2) is 5.96 Å². The summed E-state index contributed by atoms with van der Waals surface area (Å²) in [4.78, 5) is 157. The van der Waals surface area contributed by atoms with Crippen LogP contribution in [0, 0.1) is 12.8 Å². The summed E-state index contributed by atoms with van der Waals surface area (Å²) in [5.74, 6) is -9.46. The third kappa shape index (κ3) is 21.8. The number of amides is 12. The van der Waals surface area contributed by atoms with Crippen LogP contribution in [0.15, 0.2) is 84.0 Å². The number of aromatic hydroxyl groups is 1. The van der Waals surface area contributed by atoms with Crippen LogP contribution in [-0.4, -0.2) is 177 Å². The summed E-state index contributed by atoms with van der Waals surface area (Å²) in [6.07, 6.45) is -2.46. The van der Waals surface area contributed by atoms with Crippen molar-refractivity contribution in [3.05, 3.63) is 101 Å². The summed E-state index contributed by atoms with van der Waals surface area (Å²) >= 11 is 0. The quantitative estimate of drug-likeness (QED) is 0.0106. The van der Waals surface area contributed by atoms with Crippen molar-refractivity contribution in [2.75, 3.05) is 20.1 Å². The van der Waals surface area contributed by atoms with Crippen LogP contribution in [0.3, 0.4) is 0 Å². The molecule has 1 aliphatic rings. The normalized spacial score (nSPS) is 16.6. The number of phenolic OH excluding ortho intramolecular Hbond substituents is 1. The minimum atomic E-state index is -1.90. The number of H-pyrrole nitrogens is 1. The van der Waals surface area contributed by atoms with Gasteiger partial charge in [0.1, 0.15) is 54.1 Å². The number of guanidine groups is 1. The summed E-state index contributed by atoms with van der Waals surface area (Å²) in [6, 6.07) is 7.01. The molecule has 89 heavy (non-hydrogen) atoms. The molecular weight excluding hydrogens is 1160 g/mol. The van der Waals surface area contributed by atoms with E-state index in [1.807, 2.05) is 24.3 Å². The average molecular weight is 1240 g/mol. The first-order chi connectivity index (χ1) is 42.1. The molecule has 0 aliphatic carbocycles. The topological polar surface area (TPSA) is 478 Å². The lowest BCUT2D eigenvalue weighted by atomic mass is 10.0. The number of para-hydroxylation sites is 1. The van der Waals surface area contributed by atoms with Crippen LogP contribution in [0.2, 0.25) is 0 Å². The number of urea groups is 1. The Kier molecular flexibility index (Phi) is 26.2. The first-order valence-electron chi connectivity index (χ1n) is 28.9. The van der Waals surface area contributed by atoms with E-state index in [1.54, 1.807) is 51.2 Å². The SMILES string of the molecule is CN=C(N)NCCC[C@H](NC(=O)[C@H](CC(C)C)NC(=O)NNC(=O)[C@H](Cc1cccc(C)c1)NC(=O)[C@@H](NC(=O)[C@H](CC(N)=O)NC(=O)[C@@H]1C[C@@H](O)CN1C(=O)[C@@H](Cc1ccc(O)cc1)NC(C)=O)[C@@H](C)O)C(=O)N[C@@H](Cc1c[nH]c2ccccc12)C(N)=O. The number of aliphatic imine (C=N–C) groups is 1. The molecule has 0 radical (unpaired) electrons. The highest BCUT2D eigenvalue weighted by atomic mass is 16.3. The number of likely N-dealkylation sites (tertiary alicyclic amines) is 1. The number of aryl methyl sites for hydroxylation is 1. The Bertz CT molecular complexity index is 3210. The molecule has 5 rings (SSSR count). The average Bonchev–Trinajstić information content (AvgIpc) is 1.97. The number of nitrogens with two attached hydrogens (primary N) is 3. The second kappa shape index (κ2) is 33.3. The number of fused-ring (bicyclic) bond motifs is 1. The molecular formula is C59H82N16O14. The van der Waals surface area contributed by atoms with Gasteiger partial charge in [-0.25, -0.2) is 10.2 Å². The lowest BCUT2D eigenvalue weighted by Crippen LogP contribution is -2.62. The zero-order chi connectivity index (χ0) is 65.6. The number of nitrogens with zero attached hydrogens (tertiary/aromatic N) is 2. The summed E-state index contributed by atoms with van der Waals surface area (Å²) < 4.78 is 0. The van der Waals surface area contributed by atoms with Gasteiger partial charge in [0.25, 0.3) is 5.91 Å². The number of aliphatic hydroxyl groups excluding tert-OH is 2. The van der Waals surface area contributed by atoms with E-state index < -0.39 is 132 Å². The second-order valence-electron chi connectivity index (χ2n) is 22.3. The number of benzene rings is 3. The molecule has 12 amide bonds. The first-order valence-corrected chi connectivity index (χ1v) is 28.9. The third-order valence-corrected chi connectivity index (χ3v) is 14.4. The number of hydrogen-bond donors (Lipinski definition) is 17. The fourth-order valence-corrected chi connectivity index (χ4v) is 9.96. The number of carbonyl (C=O) groups excluding carboxylic acids is 11. The summed E-state index contributed by atoms with van der Waals surface area (Å²) in [6.45, 7) is 7.48. The molecule has 2 heterocycles. The zero-order valence-corrected chi connectivity index (χ0v) is 50.4. The van der Waals surface area contributed by atoms with Crippen molar-refractivity contribution in [1.29, 1.82) is 0 Å². The van der Waals surface area contributed by atoms with E-state index in [0.29, 0.717) is 16.7 Å². The van der Waals surface area contributed by atoms with E-state index in [0.717, 1.165) is 28.3 Å². The lowest BCUT2D eigenvalue weighted by Gasteiger charge is -2.30. The molecule has 0 saturated carbocycles. The molecule has 30 nitrogen and oxygen atoms in total. The molecule has 1 aromatic heterocycles. The molecule has 1 fully saturated rings. The van der Waals surface area contributed by atoms with Crippen LogP contribution < -0.4 is 70.6 Å². The van der Waals surface area contributed by atoms with Gasteiger partial charge >= 0.3 is 6.03 Å². The zero-order valence-electron chi connectivity index (χ0n) is 50.4. The lowest BCUT2D eigenvalue weighted by molar-refractivity contribution is -0.142. The molecule has 20 N–H and O–H groups in total. The van der Waals surface area contributed by atoms with Gasteiger partial charge in [0.2, 0.25) is 53.2 Å². The van der Waals surface area contributed by atoms with Crippen molar-refractivity contribution in [3.8, 4) is 5.75 Å². The van der Waals surface area contributed by atoms with Gasteiger partial charge in [-0.3, -0.25) is 58.4 Å². The van der Waals surface area contributed by atoms with Crippen LogP contribution in [0.25, 0.3) is 10.9 Å². The highest BCUT2D eigenvalue weighted by molar-refractivity contribution is 5.99. The smallest absolute Gasteiger partial charge is 0.334 e. The number of phenols is 1. The Labute approximate surface area is 513 Å². The van der Waals surface area contributed by atoms with E-state index in [-0.39, 0.29) is 75.7 Å². The van der Waals surface area contributed by atoms with Crippen LogP contribution in [0.5, 0.6) is 5.75 Å². The maximum absolute atomic E-state index is 14.2. The van der Waals surface area contributed by atoms with Gasteiger partial charge in [0.05, 0.1) is 18.6 Å². The Balaban J connectivity index is 1.29. The van der Waals surface area contributed by atoms with Crippen molar-refractivity contribution in [2.24, 2.45) is 28.1 Å². The molecule has 0 spiro atoms. The summed E-state index contributed by atoms with van der Waals surface area (Å²) in [7, 11) is 1.48. The van der Waals surface area contributed by atoms with Crippen molar-refractivity contribution in [1.82, 2.24) is 63.3 Å². The third-order valence-electron chi connectivity index (χ3n) is 14.4. The maximum Gasteiger partial charge on any atom is 0.334 e. The van der Waals surface area contributed by atoms with Gasteiger partial charge < -0.3 is 84.9 Å². The molecule has 482 valence electrons. The molecule has 0 unspecified atom stereocenters. The molecule has 1 saturated heterocycles. The Morgan fingerprint density at radius 1 is 0.697 bits per heavy atom. The van der Waals surface area contributed by atoms with Crippen LogP contribution in [-0.2, 0) is 67.2 Å². The highest BCUT2D eigenvalue weighted by Gasteiger charge is 2.43. The fraction of sp³-hybridized carbons (Fsp3) is 0.458. The predicted octanol–water partition coefficient (Wildman–Crippen LogP) is -3.10. The number of aromatic amines is 1. The number of nitrogens with one attached hydrogen (secondary N) is 11. The number of β-amino-alcohol motifs (C(OH)–C–C–N with tert-alkyl or cyclic N) is 1. The van der Waals surface area contributed by atoms with E-state index in [4.69, 9.17) is 17.2 Å². The van der Waals surface area contributed by atoms with Crippen molar-refractivity contribution in [3.63, 3.8) is 0 Å². The minimum absolute atomic E-state index is 0.0117. The van der Waals surface area contributed by atoms with Gasteiger partial charge in [-0.15, -0.1) is 0 Å². The van der Waals surface area contributed by atoms with E-state index >= 15 is 0 Å². The molecule has 10 atom stereocenters. The first kappa shape index (κ1) is 69.9. The number of carbonyl (C=O) groups is 11. The van der Waals surface area contributed by atoms with E-state index in [1.165, 1.54) is 38.2 Å². The summed E-state index contributed by atoms with van der Waals surface area (Å²) in [5.41, 5.74) is 24.8. The Morgan fingerprint density at radius 3 is 1.99 bits per heavy atom. The molecule has 3 aromatic carbocycles. The van der Waals surface area contributed by atoms with E-state index in [2.05, 4.69) is 63.4 Å². The van der Waals surface area contributed by atoms with Crippen molar-refractivity contribution < 1.29 is 68.1 Å². The molecule has 0 bridgehead atoms. The number of aromatic nitrogens is 1. The number of primary amides is 2. The number of hydrogen-bond acceptors (Lipinski definition) is 15. The Morgan fingerprint density at radius 2 is 1.35 bits per heavy atom. The summed E-state index contributed by atoms with van der Waals surface area (Å²) in [5, 5.41) is 52.6. The predicted molar refractivity (Wildman–Crippen MR) is 325 cm³/mol. The number of rotatable bonds is 30. The number of aliphatic hydroxyl groups is 2.